The van der Waals surface area contributed by atoms with Gasteiger partial charge in [-0.2, -0.15) is 5.26 Å². The molecule has 0 saturated heterocycles. The molecule has 0 aliphatic carbocycles. The van der Waals surface area contributed by atoms with Crippen molar-refractivity contribution in [3.63, 3.8) is 0 Å². The molecule has 0 N–H and O–H groups in total. The first-order valence-electron chi connectivity index (χ1n) is 7.23. The maximum atomic E-state index is 9.26. The van der Waals surface area contributed by atoms with Crippen LogP contribution in [0, 0.1) is 17.2 Å². The average Bonchev–Trinajstić information content (AvgIpc) is 2.43. The van der Waals surface area contributed by atoms with E-state index in [2.05, 4.69) is 50.8 Å². The third-order valence-corrected chi connectivity index (χ3v) is 3.52. The Hall–Kier alpha value is -2.01. The van der Waals surface area contributed by atoms with Gasteiger partial charge in [0.1, 0.15) is 0 Å². The Balaban J connectivity index is 2.62. The average molecular weight is 266 g/mol. The fourth-order valence-corrected chi connectivity index (χ4v) is 2.61. The van der Waals surface area contributed by atoms with Crippen molar-refractivity contribution in [2.24, 2.45) is 5.92 Å². The van der Waals surface area contributed by atoms with E-state index < -0.39 is 0 Å². The third-order valence-electron chi connectivity index (χ3n) is 3.52. The normalized spacial score (nSPS) is 11.1. The van der Waals surface area contributed by atoms with Crippen molar-refractivity contribution in [1.82, 2.24) is 0 Å². The second kappa shape index (κ2) is 5.96. The fraction of sp³-hybridized carbons (Fsp3) is 0.389. The van der Waals surface area contributed by atoms with Gasteiger partial charge in [0.05, 0.1) is 11.6 Å². The highest BCUT2D eigenvalue weighted by Gasteiger charge is 2.15. The molecule has 0 unspecified atom stereocenters. The summed E-state index contributed by atoms with van der Waals surface area (Å²) in [5.74, 6) is 0.604. The SMILES string of the molecule is CC(C)CN(c1ccc(C#N)c2ccccc12)C(C)C. The monoisotopic (exact) mass is 266 g/mol. The van der Waals surface area contributed by atoms with Gasteiger partial charge in [0.15, 0.2) is 0 Å². The summed E-state index contributed by atoms with van der Waals surface area (Å²) in [4.78, 5) is 2.42. The lowest BCUT2D eigenvalue weighted by atomic mass is 10.0. The highest BCUT2D eigenvalue weighted by atomic mass is 15.2. The Labute approximate surface area is 121 Å². The Kier molecular flexibility index (Phi) is 4.29. The van der Waals surface area contributed by atoms with Gasteiger partial charge in [-0.25, -0.2) is 0 Å². The van der Waals surface area contributed by atoms with Crippen LogP contribution in [-0.4, -0.2) is 12.6 Å². The number of fused-ring (bicyclic) bond motifs is 1. The maximum absolute atomic E-state index is 9.26. The summed E-state index contributed by atoms with van der Waals surface area (Å²) in [6.07, 6.45) is 0. The summed E-state index contributed by atoms with van der Waals surface area (Å²) in [7, 11) is 0. The minimum absolute atomic E-state index is 0.439. The van der Waals surface area contributed by atoms with Gasteiger partial charge >= 0.3 is 0 Å². The first-order valence-corrected chi connectivity index (χ1v) is 7.23. The van der Waals surface area contributed by atoms with E-state index in [0.717, 1.165) is 17.5 Å². The summed E-state index contributed by atoms with van der Waals surface area (Å²) < 4.78 is 0. The van der Waals surface area contributed by atoms with Gasteiger partial charge in [-0.1, -0.05) is 38.1 Å². The maximum Gasteiger partial charge on any atom is 0.0998 e. The summed E-state index contributed by atoms with van der Waals surface area (Å²) in [5, 5.41) is 11.5. The first kappa shape index (κ1) is 14.4. The molecule has 0 aliphatic rings. The van der Waals surface area contributed by atoms with Crippen LogP contribution in [0.3, 0.4) is 0 Å². The lowest BCUT2D eigenvalue weighted by molar-refractivity contribution is 0.572. The van der Waals surface area contributed by atoms with E-state index in [0.29, 0.717) is 12.0 Å². The zero-order valence-corrected chi connectivity index (χ0v) is 12.7. The molecule has 0 aliphatic heterocycles. The largest absolute Gasteiger partial charge is 0.368 e. The number of rotatable bonds is 4. The van der Waals surface area contributed by atoms with Crippen molar-refractivity contribution in [2.45, 2.75) is 33.7 Å². The van der Waals surface area contributed by atoms with Crippen molar-refractivity contribution in [1.29, 1.82) is 5.26 Å². The molecule has 20 heavy (non-hydrogen) atoms. The second-order valence-electron chi connectivity index (χ2n) is 5.93. The number of benzene rings is 2. The predicted octanol–water partition coefficient (Wildman–Crippen LogP) is 4.58. The molecule has 0 radical (unpaired) electrons. The van der Waals surface area contributed by atoms with Gasteiger partial charge in [0.25, 0.3) is 0 Å². The quantitative estimate of drug-likeness (QED) is 0.809. The molecule has 0 spiro atoms. The van der Waals surface area contributed by atoms with Crippen molar-refractivity contribution in [3.05, 3.63) is 42.0 Å². The van der Waals surface area contributed by atoms with Crippen LogP contribution in [-0.2, 0) is 0 Å². The van der Waals surface area contributed by atoms with Gasteiger partial charge in [-0.15, -0.1) is 0 Å². The molecule has 0 aromatic heterocycles. The van der Waals surface area contributed by atoms with Gasteiger partial charge in [0, 0.05) is 29.0 Å². The molecule has 0 saturated carbocycles. The molecule has 2 aromatic carbocycles. The van der Waals surface area contributed by atoms with Crippen molar-refractivity contribution < 1.29 is 0 Å². The lowest BCUT2D eigenvalue weighted by Crippen LogP contribution is -2.34. The van der Waals surface area contributed by atoms with Gasteiger partial charge in [-0.05, 0) is 31.9 Å². The van der Waals surface area contributed by atoms with E-state index in [-0.39, 0.29) is 0 Å². The minimum Gasteiger partial charge on any atom is -0.368 e. The molecule has 2 nitrogen and oxygen atoms in total. The van der Waals surface area contributed by atoms with Crippen molar-refractivity contribution in [3.8, 4) is 6.07 Å². The van der Waals surface area contributed by atoms with Crippen LogP contribution in [0.15, 0.2) is 36.4 Å². The zero-order chi connectivity index (χ0) is 14.7. The zero-order valence-electron chi connectivity index (χ0n) is 12.7. The number of nitriles is 1. The summed E-state index contributed by atoms with van der Waals surface area (Å²) in [6, 6.07) is 14.9. The number of nitrogens with zero attached hydrogens (tertiary/aromatic N) is 2. The van der Waals surface area contributed by atoms with E-state index in [1.807, 2.05) is 24.3 Å². The molecule has 0 atom stereocenters. The topological polar surface area (TPSA) is 27.0 Å². The highest BCUT2D eigenvalue weighted by molar-refractivity contribution is 5.97. The molecule has 0 amide bonds. The Morgan fingerprint density at radius 3 is 2.20 bits per heavy atom. The minimum atomic E-state index is 0.439. The van der Waals surface area contributed by atoms with Crippen molar-refractivity contribution in [2.75, 3.05) is 11.4 Å². The third kappa shape index (κ3) is 2.77. The number of anilines is 1. The van der Waals surface area contributed by atoms with Crippen LogP contribution in [0.4, 0.5) is 5.69 Å². The predicted molar refractivity (Wildman–Crippen MR) is 86.0 cm³/mol. The molecule has 0 heterocycles. The molecule has 2 heteroatoms. The molecule has 0 bridgehead atoms. The second-order valence-corrected chi connectivity index (χ2v) is 5.93. The summed E-state index contributed by atoms with van der Waals surface area (Å²) in [5.41, 5.74) is 1.97. The first-order chi connectivity index (χ1) is 9.54. The van der Waals surface area contributed by atoms with Crippen LogP contribution in [0.25, 0.3) is 10.8 Å². The van der Waals surface area contributed by atoms with E-state index >= 15 is 0 Å². The van der Waals surface area contributed by atoms with Gasteiger partial charge in [-0.3, -0.25) is 0 Å². The standard InChI is InChI=1S/C18H22N2/c1-13(2)12-20(14(3)4)18-10-9-15(11-19)16-7-5-6-8-17(16)18/h5-10,13-14H,12H2,1-4H3. The van der Waals surface area contributed by atoms with Crippen LogP contribution in [0.2, 0.25) is 0 Å². The van der Waals surface area contributed by atoms with Crippen LogP contribution in [0.5, 0.6) is 0 Å². The molecule has 2 aromatic rings. The lowest BCUT2D eigenvalue weighted by Gasteiger charge is -2.32. The Morgan fingerprint density at radius 1 is 1.00 bits per heavy atom. The van der Waals surface area contributed by atoms with E-state index in [9.17, 15) is 5.26 Å². The molecule has 2 rings (SSSR count). The number of hydrogen-bond donors (Lipinski definition) is 0. The van der Waals surface area contributed by atoms with E-state index in [1.54, 1.807) is 0 Å². The van der Waals surface area contributed by atoms with Gasteiger partial charge < -0.3 is 4.90 Å². The smallest absolute Gasteiger partial charge is 0.0998 e. The molecule has 104 valence electrons. The molecular formula is C18H22N2. The van der Waals surface area contributed by atoms with Crippen LogP contribution in [0.1, 0.15) is 33.3 Å². The molecule has 0 fully saturated rings. The highest BCUT2D eigenvalue weighted by Crippen LogP contribution is 2.31. The molecular weight excluding hydrogens is 244 g/mol. The number of hydrogen-bond acceptors (Lipinski definition) is 2. The van der Waals surface area contributed by atoms with Gasteiger partial charge in [0.2, 0.25) is 0 Å². The Bertz CT molecular complexity index is 635. The Morgan fingerprint density at radius 2 is 1.65 bits per heavy atom. The van der Waals surface area contributed by atoms with Crippen LogP contribution < -0.4 is 4.90 Å². The van der Waals surface area contributed by atoms with E-state index in [1.165, 1.54) is 11.1 Å². The fourth-order valence-electron chi connectivity index (χ4n) is 2.61. The van der Waals surface area contributed by atoms with Crippen molar-refractivity contribution >= 4 is 16.5 Å². The van der Waals surface area contributed by atoms with Crippen LogP contribution >= 0.6 is 0 Å². The summed E-state index contributed by atoms with van der Waals surface area (Å²) in [6.45, 7) is 9.93. The van der Waals surface area contributed by atoms with E-state index in [4.69, 9.17) is 0 Å². The summed E-state index contributed by atoms with van der Waals surface area (Å²) >= 11 is 0.